The number of benzene rings is 2. The van der Waals surface area contributed by atoms with Crippen molar-refractivity contribution in [2.75, 3.05) is 11.9 Å². The number of ether oxygens (including phenoxy) is 1. The lowest BCUT2D eigenvalue weighted by molar-refractivity contribution is -0.137. The zero-order chi connectivity index (χ0) is 21.7. The third-order valence-corrected chi connectivity index (χ3v) is 4.79. The Morgan fingerprint density at radius 1 is 1.13 bits per heavy atom. The highest BCUT2D eigenvalue weighted by Gasteiger charge is 2.30. The van der Waals surface area contributed by atoms with Gasteiger partial charge in [0.1, 0.15) is 16.5 Å². The van der Waals surface area contributed by atoms with E-state index in [2.05, 4.69) is 10.3 Å². The van der Waals surface area contributed by atoms with Crippen LogP contribution >= 0.6 is 11.3 Å². The number of aromatic nitrogens is 1. The van der Waals surface area contributed by atoms with Gasteiger partial charge in [0.25, 0.3) is 5.91 Å². The predicted molar refractivity (Wildman–Crippen MR) is 106 cm³/mol. The molecule has 0 atom stereocenters. The molecule has 3 rings (SSSR count). The third kappa shape index (κ3) is 5.57. The first kappa shape index (κ1) is 21.3. The van der Waals surface area contributed by atoms with Crippen molar-refractivity contribution in [3.05, 3.63) is 65.2 Å². The molecule has 1 aromatic heterocycles. The molecule has 2 amide bonds. The van der Waals surface area contributed by atoms with Crippen molar-refractivity contribution in [1.82, 2.24) is 4.98 Å². The standard InChI is InChI=1S/C20H16F3N3O3S/c21-20(22,23)13-3-1-2-12(10-13)19-26-16(11-30-19)18(28)25-14-4-6-15(7-5-14)29-9-8-17(24)27/h1-7,10-11H,8-9H2,(H2,24,27)(H,25,28). The lowest BCUT2D eigenvalue weighted by atomic mass is 10.1. The summed E-state index contributed by atoms with van der Waals surface area (Å²) in [7, 11) is 0. The number of carbonyl (C=O) groups excluding carboxylic acids is 2. The number of anilines is 1. The first-order valence-electron chi connectivity index (χ1n) is 8.68. The highest BCUT2D eigenvalue weighted by Crippen LogP contribution is 2.33. The van der Waals surface area contributed by atoms with Crippen molar-refractivity contribution < 1.29 is 27.5 Å². The van der Waals surface area contributed by atoms with Gasteiger partial charge in [-0.2, -0.15) is 13.2 Å². The summed E-state index contributed by atoms with van der Waals surface area (Å²) in [6, 6.07) is 11.2. The fourth-order valence-corrected chi connectivity index (χ4v) is 3.24. The Morgan fingerprint density at radius 3 is 2.53 bits per heavy atom. The number of nitrogens with one attached hydrogen (secondary N) is 1. The van der Waals surface area contributed by atoms with Crippen LogP contribution in [0.5, 0.6) is 5.75 Å². The second-order valence-electron chi connectivity index (χ2n) is 6.16. The summed E-state index contributed by atoms with van der Waals surface area (Å²) in [5.41, 5.74) is 5.11. The molecular weight excluding hydrogens is 419 g/mol. The van der Waals surface area contributed by atoms with Crippen molar-refractivity contribution >= 4 is 28.8 Å². The monoisotopic (exact) mass is 435 g/mol. The zero-order valence-electron chi connectivity index (χ0n) is 15.4. The second-order valence-corrected chi connectivity index (χ2v) is 7.02. The van der Waals surface area contributed by atoms with E-state index in [1.165, 1.54) is 17.5 Å². The van der Waals surface area contributed by atoms with Gasteiger partial charge in [0.15, 0.2) is 0 Å². The van der Waals surface area contributed by atoms with Crippen LogP contribution in [0.4, 0.5) is 18.9 Å². The lowest BCUT2D eigenvalue weighted by Crippen LogP contribution is -2.14. The molecule has 0 radical (unpaired) electrons. The quantitative estimate of drug-likeness (QED) is 0.577. The number of hydrogen-bond acceptors (Lipinski definition) is 5. The second kappa shape index (κ2) is 8.95. The molecule has 0 aliphatic carbocycles. The van der Waals surface area contributed by atoms with Crippen molar-refractivity contribution in [2.45, 2.75) is 12.6 Å². The normalized spacial score (nSPS) is 11.2. The fourth-order valence-electron chi connectivity index (χ4n) is 2.44. The minimum absolute atomic E-state index is 0.0918. The van der Waals surface area contributed by atoms with E-state index < -0.39 is 23.6 Å². The van der Waals surface area contributed by atoms with Crippen LogP contribution in [0.15, 0.2) is 53.9 Å². The minimum atomic E-state index is -4.46. The Morgan fingerprint density at radius 2 is 1.87 bits per heavy atom. The number of halogens is 3. The van der Waals surface area contributed by atoms with E-state index in [0.717, 1.165) is 23.5 Å². The van der Waals surface area contributed by atoms with E-state index in [9.17, 15) is 22.8 Å². The summed E-state index contributed by atoms with van der Waals surface area (Å²) >= 11 is 1.08. The van der Waals surface area contributed by atoms with Crippen molar-refractivity contribution in [3.63, 3.8) is 0 Å². The first-order valence-corrected chi connectivity index (χ1v) is 9.56. The van der Waals surface area contributed by atoms with Gasteiger partial charge in [0, 0.05) is 16.6 Å². The molecule has 1 heterocycles. The average Bonchev–Trinajstić information content (AvgIpc) is 3.19. The minimum Gasteiger partial charge on any atom is -0.493 e. The Labute approximate surface area is 173 Å². The molecule has 30 heavy (non-hydrogen) atoms. The van der Waals surface area contributed by atoms with Crippen molar-refractivity contribution in [2.24, 2.45) is 5.73 Å². The predicted octanol–water partition coefficient (Wildman–Crippen LogP) is 4.34. The molecule has 0 spiro atoms. The summed E-state index contributed by atoms with van der Waals surface area (Å²) in [6.45, 7) is 0.151. The van der Waals surface area contributed by atoms with Gasteiger partial charge in [-0.3, -0.25) is 9.59 Å². The number of amides is 2. The Bertz CT molecular complexity index is 1050. The molecular formula is C20H16F3N3O3S. The number of thiazole rings is 1. The van der Waals surface area contributed by atoms with Crippen LogP contribution in [-0.2, 0) is 11.0 Å². The van der Waals surface area contributed by atoms with Gasteiger partial charge in [-0.1, -0.05) is 12.1 Å². The van der Waals surface area contributed by atoms with E-state index in [1.54, 1.807) is 24.3 Å². The summed E-state index contributed by atoms with van der Waals surface area (Å²) in [5.74, 6) is -0.451. The van der Waals surface area contributed by atoms with Gasteiger partial charge in [0.05, 0.1) is 18.6 Å². The van der Waals surface area contributed by atoms with Gasteiger partial charge in [-0.25, -0.2) is 4.98 Å². The van der Waals surface area contributed by atoms with Crippen LogP contribution in [0.1, 0.15) is 22.5 Å². The SMILES string of the molecule is NC(=O)CCOc1ccc(NC(=O)c2csc(-c3cccc(C(F)(F)F)c3)n2)cc1. The molecule has 0 saturated carbocycles. The molecule has 0 saturated heterocycles. The van der Waals surface area contributed by atoms with E-state index >= 15 is 0 Å². The number of primary amides is 1. The number of alkyl halides is 3. The molecule has 3 N–H and O–H groups in total. The third-order valence-electron chi connectivity index (χ3n) is 3.90. The van der Waals surface area contributed by atoms with Crippen LogP contribution < -0.4 is 15.8 Å². The summed E-state index contributed by atoms with van der Waals surface area (Å²) in [5, 5.41) is 4.44. The summed E-state index contributed by atoms with van der Waals surface area (Å²) in [4.78, 5) is 27.2. The molecule has 156 valence electrons. The maximum absolute atomic E-state index is 12.9. The van der Waals surface area contributed by atoms with Gasteiger partial charge in [0.2, 0.25) is 5.91 Å². The smallest absolute Gasteiger partial charge is 0.416 e. The molecule has 0 aliphatic rings. The Kier molecular flexibility index (Phi) is 6.36. The topological polar surface area (TPSA) is 94.3 Å². The van der Waals surface area contributed by atoms with Crippen LogP contribution in [0.3, 0.4) is 0 Å². The highest BCUT2D eigenvalue weighted by atomic mass is 32.1. The molecule has 0 bridgehead atoms. The van der Waals surface area contributed by atoms with Crippen LogP contribution in [0.2, 0.25) is 0 Å². The molecule has 10 heteroatoms. The van der Waals surface area contributed by atoms with Gasteiger partial charge in [-0.15, -0.1) is 11.3 Å². The number of rotatable bonds is 7. The molecule has 0 unspecified atom stereocenters. The first-order chi connectivity index (χ1) is 14.2. The Hall–Kier alpha value is -3.40. The van der Waals surface area contributed by atoms with E-state index in [1.807, 2.05) is 0 Å². The zero-order valence-corrected chi connectivity index (χ0v) is 16.2. The number of carbonyl (C=O) groups is 2. The molecule has 3 aromatic rings. The maximum atomic E-state index is 12.9. The number of nitrogens with two attached hydrogens (primary N) is 1. The van der Waals surface area contributed by atoms with E-state index in [4.69, 9.17) is 10.5 Å². The summed E-state index contributed by atoms with van der Waals surface area (Å²) in [6.07, 6.45) is -4.36. The van der Waals surface area contributed by atoms with Crippen molar-refractivity contribution in [3.8, 4) is 16.3 Å². The van der Waals surface area contributed by atoms with Crippen LogP contribution in [0.25, 0.3) is 10.6 Å². The summed E-state index contributed by atoms with van der Waals surface area (Å²) < 4.78 is 44.0. The van der Waals surface area contributed by atoms with Gasteiger partial charge >= 0.3 is 6.18 Å². The Balaban J connectivity index is 1.65. The molecule has 2 aromatic carbocycles. The van der Waals surface area contributed by atoms with Crippen molar-refractivity contribution in [1.29, 1.82) is 0 Å². The highest BCUT2D eigenvalue weighted by molar-refractivity contribution is 7.13. The van der Waals surface area contributed by atoms with E-state index in [-0.39, 0.29) is 24.3 Å². The average molecular weight is 435 g/mol. The number of hydrogen-bond donors (Lipinski definition) is 2. The lowest BCUT2D eigenvalue weighted by Gasteiger charge is -2.07. The van der Waals surface area contributed by atoms with Crippen LogP contribution in [0, 0.1) is 0 Å². The molecule has 0 fully saturated rings. The van der Waals surface area contributed by atoms with Crippen LogP contribution in [-0.4, -0.2) is 23.4 Å². The largest absolute Gasteiger partial charge is 0.493 e. The molecule has 0 aliphatic heterocycles. The maximum Gasteiger partial charge on any atom is 0.416 e. The number of nitrogens with zero attached hydrogens (tertiary/aromatic N) is 1. The van der Waals surface area contributed by atoms with Gasteiger partial charge < -0.3 is 15.8 Å². The molecule has 6 nitrogen and oxygen atoms in total. The van der Waals surface area contributed by atoms with Gasteiger partial charge in [-0.05, 0) is 36.4 Å². The van der Waals surface area contributed by atoms with E-state index in [0.29, 0.717) is 16.4 Å². The fraction of sp³-hybridized carbons (Fsp3) is 0.150.